The maximum absolute atomic E-state index is 5.78. The number of hydrazine groups is 1. The SMILES string of the molecule is Cc1cc(C(Cc2nc3ccccc3n2C)NN)sc1C. The minimum atomic E-state index is 0.0953. The summed E-state index contributed by atoms with van der Waals surface area (Å²) in [6, 6.07) is 10.5. The van der Waals surface area contributed by atoms with Crippen LogP contribution >= 0.6 is 11.3 Å². The van der Waals surface area contributed by atoms with Crippen LogP contribution in [0.3, 0.4) is 0 Å². The van der Waals surface area contributed by atoms with E-state index in [1.54, 1.807) is 11.3 Å². The van der Waals surface area contributed by atoms with Gasteiger partial charge in [0, 0.05) is 23.2 Å². The van der Waals surface area contributed by atoms with E-state index in [0.29, 0.717) is 0 Å². The van der Waals surface area contributed by atoms with E-state index >= 15 is 0 Å². The Morgan fingerprint density at radius 1 is 1.33 bits per heavy atom. The van der Waals surface area contributed by atoms with Gasteiger partial charge in [-0.1, -0.05) is 12.1 Å². The third kappa shape index (κ3) is 2.60. The molecule has 3 aromatic rings. The van der Waals surface area contributed by atoms with Gasteiger partial charge in [-0.05, 0) is 37.6 Å². The van der Waals surface area contributed by atoms with Crippen molar-refractivity contribution in [1.82, 2.24) is 15.0 Å². The molecule has 3 N–H and O–H groups in total. The molecule has 0 radical (unpaired) electrons. The lowest BCUT2D eigenvalue weighted by Gasteiger charge is -2.14. The van der Waals surface area contributed by atoms with Crippen molar-refractivity contribution in [3.8, 4) is 0 Å². The monoisotopic (exact) mass is 300 g/mol. The number of nitrogens with one attached hydrogen (secondary N) is 1. The number of fused-ring (bicyclic) bond motifs is 1. The Morgan fingerprint density at radius 3 is 2.71 bits per heavy atom. The minimum absolute atomic E-state index is 0.0953. The molecule has 0 bridgehead atoms. The largest absolute Gasteiger partial charge is 0.331 e. The maximum atomic E-state index is 5.78. The fourth-order valence-corrected chi connectivity index (χ4v) is 3.68. The summed E-state index contributed by atoms with van der Waals surface area (Å²) >= 11 is 1.80. The van der Waals surface area contributed by atoms with Gasteiger partial charge in [-0.25, -0.2) is 4.98 Å². The van der Waals surface area contributed by atoms with Gasteiger partial charge in [-0.2, -0.15) is 0 Å². The van der Waals surface area contributed by atoms with Gasteiger partial charge in [0.15, 0.2) is 0 Å². The van der Waals surface area contributed by atoms with Crippen LogP contribution in [0.5, 0.6) is 0 Å². The predicted molar refractivity (Wildman–Crippen MR) is 88.3 cm³/mol. The molecule has 0 saturated heterocycles. The second kappa shape index (κ2) is 5.60. The Bertz CT molecular complexity index is 752. The molecule has 5 heteroatoms. The third-order valence-electron chi connectivity index (χ3n) is 4.00. The molecule has 0 fully saturated rings. The third-order valence-corrected chi connectivity index (χ3v) is 5.26. The highest BCUT2D eigenvalue weighted by atomic mass is 32.1. The average molecular weight is 300 g/mol. The van der Waals surface area contributed by atoms with Crippen molar-refractivity contribution in [3.63, 3.8) is 0 Å². The quantitative estimate of drug-likeness (QED) is 0.575. The Morgan fingerprint density at radius 2 is 2.10 bits per heavy atom. The lowest BCUT2D eigenvalue weighted by Crippen LogP contribution is -2.29. The molecule has 1 unspecified atom stereocenters. The molecule has 110 valence electrons. The van der Waals surface area contributed by atoms with Crippen molar-refractivity contribution >= 4 is 22.4 Å². The van der Waals surface area contributed by atoms with E-state index < -0.39 is 0 Å². The van der Waals surface area contributed by atoms with E-state index in [2.05, 4.69) is 43.0 Å². The van der Waals surface area contributed by atoms with Crippen LogP contribution in [-0.4, -0.2) is 9.55 Å². The second-order valence-electron chi connectivity index (χ2n) is 5.39. The first kappa shape index (κ1) is 14.3. The molecular formula is C16H20N4S. The molecule has 2 heterocycles. The molecule has 0 amide bonds. The zero-order valence-electron chi connectivity index (χ0n) is 12.6. The molecule has 0 aliphatic carbocycles. The highest BCUT2D eigenvalue weighted by Crippen LogP contribution is 2.28. The number of hydrogen-bond acceptors (Lipinski definition) is 4. The molecule has 0 aliphatic rings. The second-order valence-corrected chi connectivity index (χ2v) is 6.68. The number of imidazole rings is 1. The highest BCUT2D eigenvalue weighted by Gasteiger charge is 2.17. The number of nitrogens with two attached hydrogens (primary N) is 1. The normalized spacial score (nSPS) is 13.0. The van der Waals surface area contributed by atoms with E-state index in [9.17, 15) is 0 Å². The number of benzene rings is 1. The maximum Gasteiger partial charge on any atom is 0.111 e. The molecule has 1 atom stereocenters. The summed E-state index contributed by atoms with van der Waals surface area (Å²) in [7, 11) is 2.06. The zero-order chi connectivity index (χ0) is 15.0. The van der Waals surface area contributed by atoms with Crippen LogP contribution < -0.4 is 11.3 Å². The molecule has 4 nitrogen and oxygen atoms in total. The van der Waals surface area contributed by atoms with Gasteiger partial charge in [-0.3, -0.25) is 11.3 Å². The van der Waals surface area contributed by atoms with Crippen LogP contribution in [0.4, 0.5) is 0 Å². The van der Waals surface area contributed by atoms with Gasteiger partial charge in [0.05, 0.1) is 17.1 Å². The molecule has 0 aliphatic heterocycles. The van der Waals surface area contributed by atoms with Crippen LogP contribution in [0.1, 0.15) is 27.2 Å². The summed E-state index contributed by atoms with van der Waals surface area (Å²) in [5, 5.41) is 0. The van der Waals surface area contributed by atoms with E-state index in [-0.39, 0.29) is 6.04 Å². The molecule has 0 spiro atoms. The Hall–Kier alpha value is -1.69. The first-order chi connectivity index (χ1) is 10.1. The van der Waals surface area contributed by atoms with E-state index in [4.69, 9.17) is 10.8 Å². The van der Waals surface area contributed by atoms with Crippen LogP contribution in [0, 0.1) is 13.8 Å². The smallest absolute Gasteiger partial charge is 0.111 e. The standard InChI is InChI=1S/C16H20N4S/c1-10-8-15(21-11(10)2)13(19-17)9-16-18-12-6-4-5-7-14(12)20(16)3/h4-8,13,19H,9,17H2,1-3H3. The first-order valence-corrected chi connectivity index (χ1v) is 7.85. The Labute approximate surface area is 128 Å². The minimum Gasteiger partial charge on any atom is -0.331 e. The van der Waals surface area contributed by atoms with Crippen molar-refractivity contribution < 1.29 is 0 Å². The number of rotatable bonds is 4. The van der Waals surface area contributed by atoms with Crippen molar-refractivity contribution in [3.05, 3.63) is 51.5 Å². The summed E-state index contributed by atoms with van der Waals surface area (Å²) in [5.74, 6) is 6.82. The number of hydrogen-bond donors (Lipinski definition) is 2. The van der Waals surface area contributed by atoms with E-state index in [1.165, 1.54) is 15.3 Å². The van der Waals surface area contributed by atoms with Crippen LogP contribution in [0.25, 0.3) is 11.0 Å². The lowest BCUT2D eigenvalue weighted by molar-refractivity contribution is 0.539. The van der Waals surface area contributed by atoms with Gasteiger partial charge in [0.25, 0.3) is 0 Å². The van der Waals surface area contributed by atoms with Crippen molar-refractivity contribution in [2.24, 2.45) is 12.9 Å². The number of aryl methyl sites for hydroxylation is 3. The zero-order valence-corrected chi connectivity index (χ0v) is 13.4. The van der Waals surface area contributed by atoms with E-state index in [0.717, 1.165) is 23.3 Å². The van der Waals surface area contributed by atoms with Gasteiger partial charge in [-0.15, -0.1) is 11.3 Å². The molecule has 0 saturated carbocycles. The predicted octanol–water partition coefficient (Wildman–Crippen LogP) is 3.00. The van der Waals surface area contributed by atoms with Gasteiger partial charge >= 0.3 is 0 Å². The number of aromatic nitrogens is 2. The molecule has 3 rings (SSSR count). The van der Waals surface area contributed by atoms with Crippen LogP contribution in [-0.2, 0) is 13.5 Å². The lowest BCUT2D eigenvalue weighted by atomic mass is 10.1. The molecule has 2 aromatic heterocycles. The molecular weight excluding hydrogens is 280 g/mol. The van der Waals surface area contributed by atoms with Crippen molar-refractivity contribution in [1.29, 1.82) is 0 Å². The summed E-state index contributed by atoms with van der Waals surface area (Å²) in [6.45, 7) is 4.28. The summed E-state index contributed by atoms with van der Waals surface area (Å²) in [4.78, 5) is 7.33. The Balaban J connectivity index is 1.94. The Kier molecular flexibility index (Phi) is 3.80. The van der Waals surface area contributed by atoms with Gasteiger partial charge < -0.3 is 4.57 Å². The fourth-order valence-electron chi connectivity index (χ4n) is 2.58. The number of nitrogens with zero attached hydrogens (tertiary/aromatic N) is 2. The summed E-state index contributed by atoms with van der Waals surface area (Å²) in [6.07, 6.45) is 0.779. The summed E-state index contributed by atoms with van der Waals surface area (Å²) < 4.78 is 2.15. The van der Waals surface area contributed by atoms with E-state index in [1.807, 2.05) is 18.2 Å². The number of thiophene rings is 1. The van der Waals surface area contributed by atoms with Crippen molar-refractivity contribution in [2.75, 3.05) is 0 Å². The average Bonchev–Trinajstić information content (AvgIpc) is 2.98. The van der Waals surface area contributed by atoms with Gasteiger partial charge in [0.2, 0.25) is 0 Å². The molecule has 21 heavy (non-hydrogen) atoms. The highest BCUT2D eigenvalue weighted by molar-refractivity contribution is 7.12. The van der Waals surface area contributed by atoms with Crippen LogP contribution in [0.2, 0.25) is 0 Å². The topological polar surface area (TPSA) is 55.9 Å². The van der Waals surface area contributed by atoms with Gasteiger partial charge in [0.1, 0.15) is 5.82 Å². The molecule has 1 aromatic carbocycles. The first-order valence-electron chi connectivity index (χ1n) is 7.03. The van der Waals surface area contributed by atoms with Crippen LogP contribution in [0.15, 0.2) is 30.3 Å². The summed E-state index contributed by atoms with van der Waals surface area (Å²) in [5.41, 5.74) is 6.44. The van der Waals surface area contributed by atoms with Crippen molar-refractivity contribution in [2.45, 2.75) is 26.3 Å². The fraction of sp³-hybridized carbons (Fsp3) is 0.312. The number of para-hydroxylation sites is 2.